The number of nitrogens with one attached hydrogen (secondary N) is 1. The molecule has 0 unspecified atom stereocenters. The highest BCUT2D eigenvalue weighted by Crippen LogP contribution is 2.41. The van der Waals surface area contributed by atoms with Crippen LogP contribution in [0.25, 0.3) is 50.6 Å². The minimum atomic E-state index is -3.70. The van der Waals surface area contributed by atoms with E-state index in [1.165, 1.54) is 38.4 Å². The molecule has 206 valence electrons. The number of benzene rings is 2. The van der Waals surface area contributed by atoms with E-state index in [9.17, 15) is 17.6 Å². The molecule has 0 bridgehead atoms. The second-order valence-electron chi connectivity index (χ2n) is 9.36. The predicted molar refractivity (Wildman–Crippen MR) is 153 cm³/mol. The first-order chi connectivity index (χ1) is 19.6. The van der Waals surface area contributed by atoms with Crippen LogP contribution in [0, 0.1) is 5.82 Å². The summed E-state index contributed by atoms with van der Waals surface area (Å²) < 4.78 is 47.9. The number of carbonyl (C=O) groups is 1. The Hall–Kier alpha value is -5.10. The summed E-state index contributed by atoms with van der Waals surface area (Å²) in [6.45, 7) is 0. The van der Waals surface area contributed by atoms with Crippen LogP contribution in [0.15, 0.2) is 83.5 Å². The lowest BCUT2D eigenvalue weighted by atomic mass is 10.00. The van der Waals surface area contributed by atoms with Gasteiger partial charge in [-0.3, -0.25) is 14.1 Å². The highest BCUT2D eigenvalue weighted by atomic mass is 32.2. The van der Waals surface area contributed by atoms with Crippen LogP contribution in [0.3, 0.4) is 0 Å². The number of rotatable bonds is 6. The molecule has 4 heterocycles. The zero-order valence-electron chi connectivity index (χ0n) is 22.2. The van der Waals surface area contributed by atoms with Gasteiger partial charge in [-0.2, -0.15) is 0 Å². The van der Waals surface area contributed by atoms with Crippen molar-refractivity contribution in [3.63, 3.8) is 0 Å². The second kappa shape index (κ2) is 9.82. The molecule has 0 atom stereocenters. The largest absolute Gasteiger partial charge is 0.455 e. The Morgan fingerprint density at radius 1 is 1.05 bits per heavy atom. The van der Waals surface area contributed by atoms with E-state index in [4.69, 9.17) is 4.42 Å². The van der Waals surface area contributed by atoms with Gasteiger partial charge in [-0.1, -0.05) is 6.07 Å². The quantitative estimate of drug-likeness (QED) is 0.306. The number of nitrogens with zero attached hydrogens (tertiary/aromatic N) is 5. The van der Waals surface area contributed by atoms with Crippen molar-refractivity contribution in [2.24, 2.45) is 0 Å². The van der Waals surface area contributed by atoms with Gasteiger partial charge >= 0.3 is 0 Å². The number of halogens is 1. The molecule has 6 aromatic rings. The van der Waals surface area contributed by atoms with Gasteiger partial charge in [-0.25, -0.2) is 22.3 Å². The molecule has 0 radical (unpaired) electrons. The number of carbonyl (C=O) groups excluding carboxylic acids is 1. The number of hydrogen-bond acceptors (Lipinski definition) is 7. The van der Waals surface area contributed by atoms with E-state index in [1.54, 1.807) is 41.2 Å². The standard InChI is InChI=1S/C29H23FN6O4S/c1-31-29(37)26-21-15-20(22-14-18(11-12-32-22)28-33-25-6-4-5-13-36(25)34-28)23(35(2)41(3,38)39)16-24(21)40-27(26)17-7-9-19(30)10-8-17/h4-16H,1-3H3,(H,31,37). The molecule has 0 saturated heterocycles. The van der Waals surface area contributed by atoms with Gasteiger partial charge in [0, 0.05) is 54.6 Å². The number of amides is 1. The summed E-state index contributed by atoms with van der Waals surface area (Å²) in [7, 11) is -0.778. The van der Waals surface area contributed by atoms with Crippen molar-refractivity contribution in [3.8, 4) is 34.0 Å². The molecular formula is C29H23FN6O4S. The summed E-state index contributed by atoms with van der Waals surface area (Å²) in [4.78, 5) is 22.2. The lowest BCUT2D eigenvalue weighted by Crippen LogP contribution is -2.25. The fraction of sp³-hybridized carbons (Fsp3) is 0.103. The van der Waals surface area contributed by atoms with Gasteiger partial charge in [-0.05, 0) is 54.6 Å². The van der Waals surface area contributed by atoms with Crippen molar-refractivity contribution >= 4 is 38.2 Å². The average molecular weight is 571 g/mol. The Kier molecular flexibility index (Phi) is 6.26. The SMILES string of the molecule is CNC(=O)c1c(-c2ccc(F)cc2)oc2cc(N(C)S(C)(=O)=O)c(-c3cc(-c4nc5ccccn5n4)ccn3)cc12. The molecule has 4 aromatic heterocycles. The Balaban J connectivity index is 1.61. The average Bonchev–Trinajstić information content (AvgIpc) is 3.57. The van der Waals surface area contributed by atoms with Gasteiger partial charge in [0.25, 0.3) is 5.91 Å². The van der Waals surface area contributed by atoms with E-state index < -0.39 is 21.7 Å². The Bertz CT molecular complexity index is 2040. The summed E-state index contributed by atoms with van der Waals surface area (Å²) in [6, 6.07) is 17.9. The van der Waals surface area contributed by atoms with Gasteiger partial charge in [0.15, 0.2) is 11.5 Å². The van der Waals surface area contributed by atoms with E-state index >= 15 is 0 Å². The van der Waals surface area contributed by atoms with Crippen LogP contribution in [0.2, 0.25) is 0 Å². The van der Waals surface area contributed by atoms with E-state index in [1.807, 2.05) is 18.2 Å². The minimum Gasteiger partial charge on any atom is -0.455 e. The zero-order valence-corrected chi connectivity index (χ0v) is 23.0. The number of hydrogen-bond donors (Lipinski definition) is 1. The van der Waals surface area contributed by atoms with Crippen LogP contribution in [-0.4, -0.2) is 54.3 Å². The van der Waals surface area contributed by atoms with E-state index in [-0.39, 0.29) is 22.6 Å². The van der Waals surface area contributed by atoms with E-state index in [2.05, 4.69) is 20.4 Å². The fourth-order valence-electron chi connectivity index (χ4n) is 4.60. The van der Waals surface area contributed by atoms with Crippen molar-refractivity contribution in [2.75, 3.05) is 24.7 Å². The minimum absolute atomic E-state index is 0.222. The summed E-state index contributed by atoms with van der Waals surface area (Å²) in [5.41, 5.74) is 3.47. The number of aromatic nitrogens is 4. The summed E-state index contributed by atoms with van der Waals surface area (Å²) in [6.07, 6.45) is 4.47. The number of furan rings is 1. The van der Waals surface area contributed by atoms with Gasteiger partial charge in [0.2, 0.25) is 10.0 Å². The molecule has 10 nitrogen and oxygen atoms in total. The van der Waals surface area contributed by atoms with Gasteiger partial charge in [0.1, 0.15) is 17.2 Å². The molecule has 2 aromatic carbocycles. The third kappa shape index (κ3) is 4.67. The number of sulfonamides is 1. The van der Waals surface area contributed by atoms with Gasteiger partial charge in [0.05, 0.1) is 23.2 Å². The summed E-state index contributed by atoms with van der Waals surface area (Å²) >= 11 is 0. The number of fused-ring (bicyclic) bond motifs is 2. The lowest BCUT2D eigenvalue weighted by molar-refractivity contribution is 0.0964. The first-order valence-electron chi connectivity index (χ1n) is 12.4. The van der Waals surface area contributed by atoms with E-state index in [0.717, 1.165) is 10.6 Å². The molecule has 0 aliphatic heterocycles. The maximum atomic E-state index is 13.7. The Labute approximate surface area is 234 Å². The second-order valence-corrected chi connectivity index (χ2v) is 11.4. The summed E-state index contributed by atoms with van der Waals surface area (Å²) in [5.74, 6) is -0.169. The van der Waals surface area contributed by atoms with Crippen LogP contribution < -0.4 is 9.62 Å². The molecule has 0 spiro atoms. The third-order valence-corrected chi connectivity index (χ3v) is 7.93. The van der Waals surface area contributed by atoms with E-state index in [0.29, 0.717) is 39.2 Å². The highest BCUT2D eigenvalue weighted by molar-refractivity contribution is 7.92. The van der Waals surface area contributed by atoms with Gasteiger partial charge < -0.3 is 9.73 Å². The first-order valence-corrected chi connectivity index (χ1v) is 14.3. The summed E-state index contributed by atoms with van der Waals surface area (Å²) in [5, 5.41) is 7.60. The molecule has 0 fully saturated rings. The highest BCUT2D eigenvalue weighted by Gasteiger charge is 2.26. The van der Waals surface area contributed by atoms with Crippen LogP contribution in [-0.2, 0) is 10.0 Å². The Morgan fingerprint density at radius 2 is 1.83 bits per heavy atom. The zero-order chi connectivity index (χ0) is 28.9. The van der Waals surface area contributed by atoms with Crippen molar-refractivity contribution in [2.45, 2.75) is 0 Å². The molecule has 0 saturated carbocycles. The molecule has 12 heteroatoms. The molecular weight excluding hydrogens is 547 g/mol. The van der Waals surface area contributed by atoms with Crippen molar-refractivity contribution in [1.29, 1.82) is 0 Å². The maximum Gasteiger partial charge on any atom is 0.255 e. The maximum absolute atomic E-state index is 13.7. The van der Waals surface area contributed by atoms with Crippen molar-refractivity contribution in [3.05, 3.63) is 90.5 Å². The van der Waals surface area contributed by atoms with Crippen LogP contribution in [0.5, 0.6) is 0 Å². The molecule has 1 N–H and O–H groups in total. The van der Waals surface area contributed by atoms with Gasteiger partial charge in [-0.15, -0.1) is 5.10 Å². The van der Waals surface area contributed by atoms with Crippen LogP contribution in [0.1, 0.15) is 10.4 Å². The van der Waals surface area contributed by atoms with Crippen LogP contribution >= 0.6 is 0 Å². The molecule has 41 heavy (non-hydrogen) atoms. The smallest absolute Gasteiger partial charge is 0.255 e. The van der Waals surface area contributed by atoms with Crippen LogP contribution in [0.4, 0.5) is 10.1 Å². The molecule has 1 amide bonds. The fourth-order valence-corrected chi connectivity index (χ4v) is 5.11. The topological polar surface area (TPSA) is 123 Å². The number of pyridine rings is 2. The predicted octanol–water partition coefficient (Wildman–Crippen LogP) is 4.77. The molecule has 0 aliphatic carbocycles. The third-order valence-electron chi connectivity index (χ3n) is 6.74. The normalized spacial score (nSPS) is 11.7. The number of anilines is 1. The first kappa shape index (κ1) is 26.1. The molecule has 6 rings (SSSR count). The Morgan fingerprint density at radius 3 is 2.54 bits per heavy atom. The monoisotopic (exact) mass is 570 g/mol. The lowest BCUT2D eigenvalue weighted by Gasteiger charge is -2.20. The van der Waals surface area contributed by atoms with Crippen molar-refractivity contribution in [1.82, 2.24) is 24.9 Å². The molecule has 0 aliphatic rings. The van der Waals surface area contributed by atoms with Crippen molar-refractivity contribution < 1.29 is 22.0 Å².